The fraction of sp³-hybridized carbons (Fsp3) is 1.00. The van der Waals surface area contributed by atoms with E-state index in [2.05, 4.69) is 0 Å². The highest BCUT2D eigenvalue weighted by atomic mass is 32.2. The quantitative estimate of drug-likeness (QED) is 0.653. The van der Waals surface area contributed by atoms with Crippen molar-refractivity contribution in [3.05, 3.63) is 0 Å². The Hall–Kier alpha value is 0.0600. The molecule has 4 nitrogen and oxygen atoms in total. The van der Waals surface area contributed by atoms with Crippen molar-refractivity contribution < 1.29 is 12.6 Å². The number of hydrogen-bond donors (Lipinski definition) is 0. The summed E-state index contributed by atoms with van der Waals surface area (Å²) in [4.78, 5) is 0. The molecule has 1 fully saturated rings. The number of hydrogen-bond acceptors (Lipinski definition) is 3. The SMILES string of the molecule is CCS(=O)N1CCS(=O)(=O)CC1C. The molecule has 1 heterocycles. The molecule has 2 unspecified atom stereocenters. The van der Waals surface area contributed by atoms with Crippen LogP contribution in [0.1, 0.15) is 13.8 Å². The average molecular weight is 225 g/mol. The second-order valence-electron chi connectivity index (χ2n) is 3.21. The molecule has 1 aliphatic heterocycles. The summed E-state index contributed by atoms with van der Waals surface area (Å²) in [6, 6.07) is -0.112. The Morgan fingerprint density at radius 1 is 1.54 bits per heavy atom. The molecule has 1 saturated heterocycles. The van der Waals surface area contributed by atoms with Crippen molar-refractivity contribution in [3.8, 4) is 0 Å². The van der Waals surface area contributed by atoms with Crippen LogP contribution in [0.5, 0.6) is 0 Å². The molecule has 78 valence electrons. The third-order valence-electron chi connectivity index (χ3n) is 2.12. The summed E-state index contributed by atoms with van der Waals surface area (Å²) in [5, 5.41) is 0. The van der Waals surface area contributed by atoms with E-state index in [1.54, 1.807) is 4.31 Å². The highest BCUT2D eigenvalue weighted by Crippen LogP contribution is 2.13. The van der Waals surface area contributed by atoms with Crippen molar-refractivity contribution in [3.63, 3.8) is 0 Å². The molecule has 13 heavy (non-hydrogen) atoms. The lowest BCUT2D eigenvalue weighted by Crippen LogP contribution is -2.47. The third-order valence-corrected chi connectivity index (χ3v) is 5.47. The molecule has 0 aromatic carbocycles. The minimum Gasteiger partial charge on any atom is -0.243 e. The zero-order chi connectivity index (χ0) is 10.1. The summed E-state index contributed by atoms with van der Waals surface area (Å²) < 4.78 is 35.6. The molecule has 0 aliphatic carbocycles. The molecule has 1 rings (SSSR count). The molecule has 1 aliphatic rings. The van der Waals surface area contributed by atoms with Crippen molar-refractivity contribution in [2.75, 3.05) is 23.8 Å². The minimum absolute atomic E-state index is 0.112. The van der Waals surface area contributed by atoms with Gasteiger partial charge in [0.05, 0.1) is 22.5 Å². The van der Waals surface area contributed by atoms with Crippen molar-refractivity contribution in [2.24, 2.45) is 0 Å². The van der Waals surface area contributed by atoms with Gasteiger partial charge in [-0.3, -0.25) is 0 Å². The van der Waals surface area contributed by atoms with Gasteiger partial charge in [-0.05, 0) is 6.92 Å². The number of nitrogens with zero attached hydrogens (tertiary/aromatic N) is 1. The van der Waals surface area contributed by atoms with E-state index in [0.29, 0.717) is 12.3 Å². The maximum absolute atomic E-state index is 11.4. The first-order valence-electron chi connectivity index (χ1n) is 4.32. The normalized spacial score (nSPS) is 31.4. The highest BCUT2D eigenvalue weighted by Gasteiger charge is 2.30. The van der Waals surface area contributed by atoms with Gasteiger partial charge >= 0.3 is 0 Å². The summed E-state index contributed by atoms with van der Waals surface area (Å²) in [6.07, 6.45) is 0. The lowest BCUT2D eigenvalue weighted by atomic mass is 10.4. The van der Waals surface area contributed by atoms with Crippen LogP contribution in [0.4, 0.5) is 0 Å². The van der Waals surface area contributed by atoms with Crippen LogP contribution in [0, 0.1) is 0 Å². The average Bonchev–Trinajstić information content (AvgIpc) is 2.01. The maximum Gasteiger partial charge on any atom is 0.153 e. The van der Waals surface area contributed by atoms with Crippen LogP contribution in [0.15, 0.2) is 0 Å². The Kier molecular flexibility index (Phi) is 3.48. The second kappa shape index (κ2) is 4.06. The first-order valence-corrected chi connectivity index (χ1v) is 7.41. The zero-order valence-electron chi connectivity index (χ0n) is 7.89. The van der Waals surface area contributed by atoms with Gasteiger partial charge in [0.15, 0.2) is 9.84 Å². The van der Waals surface area contributed by atoms with Gasteiger partial charge in [-0.15, -0.1) is 0 Å². The molecule has 0 aromatic heterocycles. The summed E-state index contributed by atoms with van der Waals surface area (Å²) in [5.74, 6) is 0.839. The van der Waals surface area contributed by atoms with E-state index < -0.39 is 20.8 Å². The molecule has 0 spiro atoms. The summed E-state index contributed by atoms with van der Waals surface area (Å²) >= 11 is 0. The smallest absolute Gasteiger partial charge is 0.153 e. The molecular weight excluding hydrogens is 210 g/mol. The van der Waals surface area contributed by atoms with Crippen LogP contribution < -0.4 is 0 Å². The van der Waals surface area contributed by atoms with Crippen LogP contribution in [0.25, 0.3) is 0 Å². The van der Waals surface area contributed by atoms with Crippen molar-refractivity contribution >= 4 is 20.8 Å². The van der Waals surface area contributed by atoms with Crippen LogP contribution in [0.2, 0.25) is 0 Å². The van der Waals surface area contributed by atoms with Crippen molar-refractivity contribution in [1.29, 1.82) is 0 Å². The summed E-state index contributed by atoms with van der Waals surface area (Å²) in [6.45, 7) is 4.06. The first kappa shape index (κ1) is 11.1. The predicted molar refractivity (Wildman–Crippen MR) is 53.5 cm³/mol. The topological polar surface area (TPSA) is 54.5 Å². The lowest BCUT2D eigenvalue weighted by molar-refractivity contribution is 0.379. The Morgan fingerprint density at radius 2 is 2.15 bits per heavy atom. The number of rotatable bonds is 2. The predicted octanol–water partition coefficient (Wildman–Crippen LogP) is -0.211. The van der Waals surface area contributed by atoms with E-state index in [-0.39, 0.29) is 17.5 Å². The van der Waals surface area contributed by atoms with Crippen LogP contribution >= 0.6 is 0 Å². The third kappa shape index (κ3) is 2.75. The lowest BCUT2D eigenvalue weighted by Gasteiger charge is -2.31. The van der Waals surface area contributed by atoms with E-state index in [1.165, 1.54) is 0 Å². The van der Waals surface area contributed by atoms with Gasteiger partial charge in [-0.2, -0.15) is 0 Å². The molecule has 0 bridgehead atoms. The fourth-order valence-electron chi connectivity index (χ4n) is 1.45. The Labute approximate surface area is 81.8 Å². The molecular formula is C7H15NO3S2. The summed E-state index contributed by atoms with van der Waals surface area (Å²) in [7, 11) is -3.89. The molecule has 2 atom stereocenters. The molecule has 6 heteroatoms. The van der Waals surface area contributed by atoms with Crippen molar-refractivity contribution in [1.82, 2.24) is 4.31 Å². The minimum atomic E-state index is -2.88. The van der Waals surface area contributed by atoms with E-state index in [9.17, 15) is 12.6 Å². The first-order chi connectivity index (χ1) is 5.96. The van der Waals surface area contributed by atoms with Gasteiger partial charge in [-0.1, -0.05) is 6.92 Å². The standard InChI is InChI=1S/C7H15NO3S2/c1-3-12(9)8-4-5-13(10,11)6-7(8)2/h7H,3-6H2,1-2H3. The molecule has 0 amide bonds. The van der Waals surface area contributed by atoms with Gasteiger partial charge in [0, 0.05) is 18.3 Å². The zero-order valence-corrected chi connectivity index (χ0v) is 9.53. The Bertz CT molecular complexity index is 299. The highest BCUT2D eigenvalue weighted by molar-refractivity contribution is 7.91. The molecule has 0 radical (unpaired) electrons. The van der Waals surface area contributed by atoms with Gasteiger partial charge < -0.3 is 0 Å². The maximum atomic E-state index is 11.4. The monoisotopic (exact) mass is 225 g/mol. The van der Waals surface area contributed by atoms with Crippen LogP contribution in [-0.2, 0) is 20.8 Å². The van der Waals surface area contributed by atoms with E-state index in [0.717, 1.165) is 0 Å². The fourth-order valence-corrected chi connectivity index (χ4v) is 4.32. The van der Waals surface area contributed by atoms with E-state index in [4.69, 9.17) is 0 Å². The van der Waals surface area contributed by atoms with Gasteiger partial charge in [0.1, 0.15) is 0 Å². The van der Waals surface area contributed by atoms with E-state index in [1.807, 2.05) is 13.8 Å². The van der Waals surface area contributed by atoms with E-state index >= 15 is 0 Å². The Balaban J connectivity index is 2.69. The van der Waals surface area contributed by atoms with Crippen molar-refractivity contribution in [2.45, 2.75) is 19.9 Å². The summed E-state index contributed by atoms with van der Waals surface area (Å²) in [5.41, 5.74) is 0. The largest absolute Gasteiger partial charge is 0.243 e. The molecule has 0 saturated carbocycles. The van der Waals surface area contributed by atoms with Crippen LogP contribution in [-0.4, -0.2) is 46.8 Å². The second-order valence-corrected chi connectivity index (χ2v) is 7.13. The van der Waals surface area contributed by atoms with Gasteiger partial charge in [0.25, 0.3) is 0 Å². The number of sulfone groups is 1. The Morgan fingerprint density at radius 3 is 2.62 bits per heavy atom. The molecule has 0 N–H and O–H groups in total. The van der Waals surface area contributed by atoms with Gasteiger partial charge in [0.2, 0.25) is 0 Å². The van der Waals surface area contributed by atoms with Gasteiger partial charge in [-0.25, -0.2) is 16.9 Å². The molecule has 0 aromatic rings. The van der Waals surface area contributed by atoms with Crippen LogP contribution in [0.3, 0.4) is 0 Å².